The Labute approximate surface area is 176 Å². The fourth-order valence-electron chi connectivity index (χ4n) is 3.75. The molecule has 2 aliphatic rings. The van der Waals surface area contributed by atoms with Gasteiger partial charge in [0.25, 0.3) is 5.91 Å². The van der Waals surface area contributed by atoms with Crippen LogP contribution < -0.4 is 4.90 Å². The Morgan fingerprint density at radius 2 is 1.93 bits per heavy atom. The van der Waals surface area contributed by atoms with Crippen LogP contribution in [0.1, 0.15) is 34.7 Å². The molecule has 3 aromatic rings. The van der Waals surface area contributed by atoms with Crippen LogP contribution in [0.5, 0.6) is 0 Å². The summed E-state index contributed by atoms with van der Waals surface area (Å²) >= 11 is 8.67. The van der Waals surface area contributed by atoms with Crippen LogP contribution in [0.15, 0.2) is 35.2 Å². The summed E-state index contributed by atoms with van der Waals surface area (Å²) in [7, 11) is 0. The van der Waals surface area contributed by atoms with Crippen molar-refractivity contribution in [2.24, 2.45) is 0 Å². The predicted molar refractivity (Wildman–Crippen MR) is 121 cm³/mol. The highest BCUT2D eigenvalue weighted by Gasteiger charge is 2.36. The topological polar surface area (TPSA) is 46.1 Å². The van der Waals surface area contributed by atoms with Gasteiger partial charge >= 0.3 is 0 Å². The Bertz CT molecular complexity index is 1150. The van der Waals surface area contributed by atoms with Gasteiger partial charge in [0.1, 0.15) is 10.7 Å². The van der Waals surface area contributed by atoms with Gasteiger partial charge in [-0.25, -0.2) is 14.9 Å². The van der Waals surface area contributed by atoms with E-state index in [1.165, 1.54) is 35.0 Å². The molecule has 140 valence electrons. The van der Waals surface area contributed by atoms with E-state index in [1.54, 1.807) is 16.2 Å². The van der Waals surface area contributed by atoms with E-state index in [9.17, 15) is 4.79 Å². The number of carbonyl (C=O) groups excluding carboxylic acids is 1. The van der Waals surface area contributed by atoms with Gasteiger partial charge in [0.2, 0.25) is 0 Å². The summed E-state index contributed by atoms with van der Waals surface area (Å²) in [6, 6.07) is 9.84. The molecule has 5 rings (SSSR count). The molecule has 1 amide bonds. The van der Waals surface area contributed by atoms with E-state index in [4.69, 9.17) is 12.2 Å². The van der Waals surface area contributed by atoms with Crippen molar-refractivity contribution in [2.75, 3.05) is 4.90 Å². The molecule has 1 saturated heterocycles. The van der Waals surface area contributed by atoms with Crippen LogP contribution in [0.25, 0.3) is 16.3 Å². The molecule has 0 atom stereocenters. The number of hydrogen-bond acceptors (Lipinski definition) is 6. The molecule has 0 unspecified atom stereocenters. The van der Waals surface area contributed by atoms with Gasteiger partial charge in [0, 0.05) is 4.88 Å². The smallest absolute Gasteiger partial charge is 0.268 e. The summed E-state index contributed by atoms with van der Waals surface area (Å²) in [4.78, 5) is 27.2. The van der Waals surface area contributed by atoms with Gasteiger partial charge in [0.05, 0.1) is 10.3 Å². The van der Waals surface area contributed by atoms with Gasteiger partial charge in [-0.1, -0.05) is 54.3 Å². The minimum absolute atomic E-state index is 0.103. The van der Waals surface area contributed by atoms with Crippen LogP contribution in [0.2, 0.25) is 0 Å². The number of carbonyl (C=O) groups is 1. The number of thioether (sulfide) groups is 1. The van der Waals surface area contributed by atoms with Crippen molar-refractivity contribution in [3.05, 3.63) is 57.1 Å². The molecule has 0 bridgehead atoms. The summed E-state index contributed by atoms with van der Waals surface area (Å²) in [5.74, 6) is 1.22. The van der Waals surface area contributed by atoms with Crippen molar-refractivity contribution in [3.8, 4) is 0 Å². The van der Waals surface area contributed by atoms with Crippen LogP contribution >= 0.6 is 35.3 Å². The van der Waals surface area contributed by atoms with E-state index in [1.807, 2.05) is 43.3 Å². The van der Waals surface area contributed by atoms with E-state index in [0.29, 0.717) is 20.9 Å². The van der Waals surface area contributed by atoms with Gasteiger partial charge in [-0.3, -0.25) is 4.79 Å². The maximum absolute atomic E-state index is 13.3. The van der Waals surface area contributed by atoms with Crippen LogP contribution in [0.3, 0.4) is 0 Å². The van der Waals surface area contributed by atoms with Crippen LogP contribution in [0.4, 0.5) is 5.82 Å². The SMILES string of the molecule is Cc1nc(N2C(=O)/C(=C\c3ccccc3)SC2=S)c2c3c(sc2n1)CCCC3. The zero-order valence-corrected chi connectivity index (χ0v) is 17.7. The first-order valence-corrected chi connectivity index (χ1v) is 11.3. The molecule has 1 aromatic carbocycles. The summed E-state index contributed by atoms with van der Waals surface area (Å²) in [5, 5.41) is 1.02. The number of hydrogen-bond donors (Lipinski definition) is 0. The Hall–Kier alpha value is -2.09. The number of thiocarbonyl (C=S) groups is 1. The average molecular weight is 424 g/mol. The van der Waals surface area contributed by atoms with E-state index in [0.717, 1.165) is 28.6 Å². The van der Waals surface area contributed by atoms with Gasteiger partial charge in [0.15, 0.2) is 10.1 Å². The van der Waals surface area contributed by atoms with Crippen LogP contribution in [0, 0.1) is 6.92 Å². The van der Waals surface area contributed by atoms with Crippen LogP contribution in [-0.4, -0.2) is 20.2 Å². The standard InChI is InChI=1S/C21H17N3OS3/c1-12-22-18(17-14-9-5-6-10-15(14)27-19(17)23-12)24-20(25)16(28-21(24)26)11-13-7-3-2-4-8-13/h2-4,7-8,11H,5-6,9-10H2,1H3/b16-11+. The number of aromatic nitrogens is 2. The Balaban J connectivity index is 1.64. The molecular formula is C21H17N3OS3. The van der Waals surface area contributed by atoms with Crippen molar-refractivity contribution in [3.63, 3.8) is 0 Å². The highest BCUT2D eigenvalue weighted by atomic mass is 32.2. The first-order valence-electron chi connectivity index (χ1n) is 9.24. The quantitative estimate of drug-likeness (QED) is 0.414. The van der Waals surface area contributed by atoms with E-state index >= 15 is 0 Å². The molecule has 0 N–H and O–H groups in total. The molecule has 7 heteroatoms. The predicted octanol–water partition coefficient (Wildman–Crippen LogP) is 5.28. The molecule has 1 aliphatic carbocycles. The molecule has 28 heavy (non-hydrogen) atoms. The lowest BCUT2D eigenvalue weighted by Crippen LogP contribution is -2.29. The number of fused-ring (bicyclic) bond motifs is 3. The lowest BCUT2D eigenvalue weighted by molar-refractivity contribution is -0.113. The van der Waals surface area contributed by atoms with Crippen molar-refractivity contribution in [2.45, 2.75) is 32.6 Å². The first-order chi connectivity index (χ1) is 13.6. The largest absolute Gasteiger partial charge is 0.272 e. The molecule has 1 fully saturated rings. The normalized spacial score (nSPS) is 18.3. The van der Waals surface area contributed by atoms with E-state index in [2.05, 4.69) is 9.97 Å². The third-order valence-electron chi connectivity index (χ3n) is 5.01. The zero-order chi connectivity index (χ0) is 19.3. The molecule has 0 radical (unpaired) electrons. The van der Waals surface area contributed by atoms with Crippen LogP contribution in [-0.2, 0) is 17.6 Å². The number of thiophene rings is 1. The van der Waals surface area contributed by atoms with Gasteiger partial charge in [-0.2, -0.15) is 0 Å². The zero-order valence-electron chi connectivity index (χ0n) is 15.3. The second kappa shape index (κ2) is 7.06. The number of amides is 1. The Kier molecular flexibility index (Phi) is 4.53. The second-order valence-electron chi connectivity index (χ2n) is 6.91. The first kappa shape index (κ1) is 18.0. The molecular weight excluding hydrogens is 406 g/mol. The molecule has 4 nitrogen and oxygen atoms in total. The number of benzene rings is 1. The maximum Gasteiger partial charge on any atom is 0.272 e. The Morgan fingerprint density at radius 1 is 1.14 bits per heavy atom. The summed E-state index contributed by atoms with van der Waals surface area (Å²) in [5.41, 5.74) is 2.29. The minimum atomic E-state index is -0.103. The number of nitrogens with zero attached hydrogens (tertiary/aromatic N) is 3. The lowest BCUT2D eigenvalue weighted by Gasteiger charge is -2.17. The van der Waals surface area contributed by atoms with E-state index < -0.39 is 0 Å². The second-order valence-corrected chi connectivity index (χ2v) is 9.67. The van der Waals surface area contributed by atoms with E-state index in [-0.39, 0.29) is 5.91 Å². The van der Waals surface area contributed by atoms with Crippen molar-refractivity contribution < 1.29 is 4.79 Å². The summed E-state index contributed by atoms with van der Waals surface area (Å²) < 4.78 is 0.530. The molecule has 3 heterocycles. The third-order valence-corrected chi connectivity index (χ3v) is 7.50. The van der Waals surface area contributed by atoms with Gasteiger partial charge in [-0.05, 0) is 49.8 Å². The maximum atomic E-state index is 13.3. The monoisotopic (exact) mass is 423 g/mol. The van der Waals surface area contributed by atoms with Crippen molar-refractivity contribution in [1.29, 1.82) is 0 Å². The Morgan fingerprint density at radius 3 is 2.75 bits per heavy atom. The third kappa shape index (κ3) is 2.98. The lowest BCUT2D eigenvalue weighted by atomic mass is 9.97. The van der Waals surface area contributed by atoms with Crippen molar-refractivity contribution >= 4 is 67.7 Å². The number of anilines is 1. The van der Waals surface area contributed by atoms with Gasteiger partial charge < -0.3 is 0 Å². The molecule has 2 aromatic heterocycles. The van der Waals surface area contributed by atoms with Crippen molar-refractivity contribution in [1.82, 2.24) is 9.97 Å². The number of rotatable bonds is 2. The van der Waals surface area contributed by atoms with Gasteiger partial charge in [-0.15, -0.1) is 11.3 Å². The molecule has 0 saturated carbocycles. The highest BCUT2D eigenvalue weighted by Crippen LogP contribution is 2.43. The molecule has 0 spiro atoms. The molecule has 1 aliphatic heterocycles. The fourth-order valence-corrected chi connectivity index (χ4v) is 6.32. The fraction of sp³-hybridized carbons (Fsp3) is 0.238. The number of aryl methyl sites for hydroxylation is 3. The highest BCUT2D eigenvalue weighted by molar-refractivity contribution is 8.27. The average Bonchev–Trinajstić information content (AvgIpc) is 3.19. The minimum Gasteiger partial charge on any atom is -0.268 e. The summed E-state index contributed by atoms with van der Waals surface area (Å²) in [6.07, 6.45) is 6.37. The summed E-state index contributed by atoms with van der Waals surface area (Å²) in [6.45, 7) is 1.87.